The maximum atomic E-state index is 11.5. The summed E-state index contributed by atoms with van der Waals surface area (Å²) in [6.07, 6.45) is 0.185. The van der Waals surface area contributed by atoms with Crippen molar-refractivity contribution in [3.63, 3.8) is 0 Å². The number of carboxylic acids is 4. The highest BCUT2D eigenvalue weighted by Gasteiger charge is 2.26. The van der Waals surface area contributed by atoms with Crippen molar-refractivity contribution >= 4 is 29.6 Å². The van der Waals surface area contributed by atoms with Crippen molar-refractivity contribution in [1.82, 2.24) is 20.0 Å². The number of hydrogen-bond donors (Lipinski definition) is 5. The number of hydrogen-bond acceptors (Lipinski definition) is 10. The van der Waals surface area contributed by atoms with Crippen LogP contribution < -0.4 is 5.32 Å². The maximum absolute atomic E-state index is 11.5. The average Bonchev–Trinajstić information content (AvgIpc) is 2.82. The fourth-order valence-electron chi connectivity index (χ4n) is 3.84. The molecule has 0 heterocycles. The van der Waals surface area contributed by atoms with Gasteiger partial charge >= 0.3 is 23.9 Å². The largest absolute Gasteiger partial charge is 0.480 e. The topological polar surface area (TPSA) is 214 Å². The number of benzene rings is 1. The monoisotopic (exact) mass is 541 g/mol. The van der Waals surface area contributed by atoms with Crippen LogP contribution in [0.1, 0.15) is 12.5 Å². The van der Waals surface area contributed by atoms with Gasteiger partial charge in [-0.05, 0) is 18.5 Å². The lowest BCUT2D eigenvalue weighted by atomic mass is 10.0. The molecule has 0 radical (unpaired) electrons. The number of aliphatic carboxylic acids is 4. The van der Waals surface area contributed by atoms with E-state index in [9.17, 15) is 39.5 Å². The molecule has 15 nitrogen and oxygen atoms in total. The summed E-state index contributed by atoms with van der Waals surface area (Å²) in [5, 5.41) is 50.6. The molecule has 5 N–H and O–H groups in total. The summed E-state index contributed by atoms with van der Waals surface area (Å²) in [4.78, 5) is 60.4. The maximum Gasteiger partial charge on any atom is 0.317 e. The minimum absolute atomic E-state index is 0.123. The standard InChI is InChI=1S/C23H35N5O10/c1-2-25(14-21(31)32)9-10-26(8-7-24-12-20(29)30)13-19(27(15-22(33)34)16-23(35)36)11-17-3-5-18(6-4-17)28(37)38/h3-6,19,24H,2,7-16H2,1H3,(H,29,30)(H,31,32)(H,33,34)(H,35,36). The van der Waals surface area contributed by atoms with Crippen molar-refractivity contribution in [2.24, 2.45) is 0 Å². The van der Waals surface area contributed by atoms with Gasteiger partial charge in [-0.15, -0.1) is 0 Å². The van der Waals surface area contributed by atoms with Crippen LogP contribution in [-0.4, -0.2) is 135 Å². The van der Waals surface area contributed by atoms with Gasteiger partial charge in [0.2, 0.25) is 0 Å². The fraction of sp³-hybridized carbons (Fsp3) is 0.565. The van der Waals surface area contributed by atoms with Gasteiger partial charge in [0, 0.05) is 50.9 Å². The molecule has 0 fully saturated rings. The van der Waals surface area contributed by atoms with Gasteiger partial charge < -0.3 is 25.7 Å². The summed E-state index contributed by atoms with van der Waals surface area (Å²) in [7, 11) is 0. The zero-order valence-electron chi connectivity index (χ0n) is 21.2. The van der Waals surface area contributed by atoms with E-state index in [-0.39, 0.29) is 38.3 Å². The predicted molar refractivity (Wildman–Crippen MR) is 134 cm³/mol. The van der Waals surface area contributed by atoms with Crippen LogP contribution in [0.4, 0.5) is 5.69 Å². The molecule has 0 amide bonds. The third kappa shape index (κ3) is 13.6. The first kappa shape index (κ1) is 32.4. The molecule has 1 aromatic rings. The van der Waals surface area contributed by atoms with E-state index < -0.39 is 47.9 Å². The molecule has 0 saturated carbocycles. The van der Waals surface area contributed by atoms with Gasteiger partial charge in [0.1, 0.15) is 0 Å². The molecular weight excluding hydrogens is 506 g/mol. The van der Waals surface area contributed by atoms with Gasteiger partial charge in [-0.2, -0.15) is 0 Å². The molecule has 0 aliphatic carbocycles. The number of nitrogens with one attached hydrogen (secondary N) is 1. The molecule has 38 heavy (non-hydrogen) atoms. The van der Waals surface area contributed by atoms with Crippen molar-refractivity contribution in [3.05, 3.63) is 39.9 Å². The number of carboxylic acid groups (broad SMARTS) is 4. The van der Waals surface area contributed by atoms with Crippen LogP contribution >= 0.6 is 0 Å². The summed E-state index contributed by atoms with van der Waals surface area (Å²) < 4.78 is 0. The first-order valence-electron chi connectivity index (χ1n) is 11.9. The zero-order chi connectivity index (χ0) is 28.7. The molecule has 0 spiro atoms. The van der Waals surface area contributed by atoms with E-state index in [4.69, 9.17) is 10.2 Å². The smallest absolute Gasteiger partial charge is 0.317 e. The number of carbonyl (C=O) groups is 4. The Kier molecular flexibility index (Phi) is 14.4. The Morgan fingerprint density at radius 1 is 0.868 bits per heavy atom. The highest BCUT2D eigenvalue weighted by Crippen LogP contribution is 2.16. The fourth-order valence-corrected chi connectivity index (χ4v) is 3.84. The molecule has 0 bridgehead atoms. The normalized spacial score (nSPS) is 12.1. The second-order valence-corrected chi connectivity index (χ2v) is 8.61. The number of non-ortho nitro benzene ring substituents is 1. The van der Waals surface area contributed by atoms with E-state index in [0.717, 1.165) is 0 Å². The lowest BCUT2D eigenvalue weighted by Gasteiger charge is -2.35. The number of likely N-dealkylation sites (N-methyl/N-ethyl adjacent to an activating group) is 1. The Morgan fingerprint density at radius 2 is 1.42 bits per heavy atom. The molecule has 212 valence electrons. The van der Waals surface area contributed by atoms with Gasteiger partial charge in [-0.25, -0.2) is 0 Å². The molecule has 15 heteroatoms. The summed E-state index contributed by atoms with van der Waals surface area (Å²) in [6, 6.07) is 5.02. The number of nitro benzene ring substituents is 1. The first-order chi connectivity index (χ1) is 17.9. The number of rotatable bonds is 21. The Bertz CT molecular complexity index is 927. The molecule has 0 aliphatic rings. The molecule has 0 aromatic heterocycles. The van der Waals surface area contributed by atoms with Crippen LogP contribution in [0.5, 0.6) is 0 Å². The third-order valence-electron chi connectivity index (χ3n) is 5.70. The second kappa shape index (κ2) is 17.0. The Balaban J connectivity index is 3.20. The Hall–Kier alpha value is -3.66. The van der Waals surface area contributed by atoms with Crippen LogP contribution in [0.2, 0.25) is 0 Å². The minimum Gasteiger partial charge on any atom is -0.480 e. The highest BCUT2D eigenvalue weighted by atomic mass is 16.6. The van der Waals surface area contributed by atoms with E-state index in [0.29, 0.717) is 31.7 Å². The predicted octanol–water partition coefficient (Wildman–Crippen LogP) is -0.640. The minimum atomic E-state index is -1.23. The van der Waals surface area contributed by atoms with Crippen molar-refractivity contribution in [2.45, 2.75) is 19.4 Å². The lowest BCUT2D eigenvalue weighted by molar-refractivity contribution is -0.384. The molecule has 1 unspecified atom stereocenters. The van der Waals surface area contributed by atoms with Crippen LogP contribution in [0.15, 0.2) is 24.3 Å². The highest BCUT2D eigenvalue weighted by molar-refractivity contribution is 5.72. The average molecular weight is 542 g/mol. The van der Waals surface area contributed by atoms with Crippen LogP contribution in [0.3, 0.4) is 0 Å². The second-order valence-electron chi connectivity index (χ2n) is 8.61. The molecule has 1 aromatic carbocycles. The van der Waals surface area contributed by atoms with Gasteiger partial charge in [0.25, 0.3) is 5.69 Å². The first-order valence-corrected chi connectivity index (χ1v) is 11.9. The van der Waals surface area contributed by atoms with Crippen molar-refractivity contribution < 1.29 is 44.5 Å². The van der Waals surface area contributed by atoms with Crippen LogP contribution in [0.25, 0.3) is 0 Å². The molecule has 1 atom stereocenters. The quantitative estimate of drug-likeness (QED) is 0.0744. The van der Waals surface area contributed by atoms with E-state index >= 15 is 0 Å². The molecule has 0 saturated heterocycles. The van der Waals surface area contributed by atoms with Crippen LogP contribution in [0, 0.1) is 10.1 Å². The van der Waals surface area contributed by atoms with E-state index in [1.165, 1.54) is 29.2 Å². The molecule has 1 rings (SSSR count). The summed E-state index contributed by atoms with van der Waals surface area (Å²) in [5.74, 6) is -4.49. The Labute approximate surface area is 219 Å². The van der Waals surface area contributed by atoms with Gasteiger partial charge in [-0.3, -0.25) is 44.0 Å². The van der Waals surface area contributed by atoms with Crippen molar-refractivity contribution in [3.8, 4) is 0 Å². The SMILES string of the molecule is CCN(CCN(CCNCC(=O)O)CC(Cc1ccc([N+](=O)[O-])cc1)N(CC(=O)O)CC(=O)O)CC(=O)O. The molecule has 0 aliphatic heterocycles. The van der Waals surface area contributed by atoms with Crippen molar-refractivity contribution in [2.75, 3.05) is 65.4 Å². The summed E-state index contributed by atoms with van der Waals surface area (Å²) >= 11 is 0. The summed E-state index contributed by atoms with van der Waals surface area (Å²) in [5.41, 5.74) is 0.508. The zero-order valence-corrected chi connectivity index (χ0v) is 21.2. The third-order valence-corrected chi connectivity index (χ3v) is 5.70. The number of nitro groups is 1. The summed E-state index contributed by atoms with van der Waals surface area (Å²) in [6.45, 7) is 2.16. The number of nitrogens with zero attached hydrogens (tertiary/aromatic N) is 4. The van der Waals surface area contributed by atoms with Gasteiger partial charge in [0.15, 0.2) is 0 Å². The van der Waals surface area contributed by atoms with E-state index in [1.807, 2.05) is 4.90 Å². The lowest BCUT2D eigenvalue weighted by Crippen LogP contribution is -2.51. The van der Waals surface area contributed by atoms with Crippen molar-refractivity contribution in [1.29, 1.82) is 0 Å². The Morgan fingerprint density at radius 3 is 1.89 bits per heavy atom. The van der Waals surface area contributed by atoms with Gasteiger partial charge in [-0.1, -0.05) is 19.1 Å². The molecular formula is C23H35N5O10. The van der Waals surface area contributed by atoms with Gasteiger partial charge in [0.05, 0.1) is 31.1 Å². The van der Waals surface area contributed by atoms with E-state index in [1.54, 1.807) is 11.8 Å². The van der Waals surface area contributed by atoms with E-state index in [2.05, 4.69) is 5.32 Å². The van der Waals surface area contributed by atoms with Crippen LogP contribution in [-0.2, 0) is 25.6 Å².